The number of aliphatic hydroxyl groups is 2. The van der Waals surface area contributed by atoms with E-state index in [1.807, 2.05) is 7.11 Å². The lowest BCUT2D eigenvalue weighted by atomic mass is 9.45. The molecule has 0 spiro atoms. The Morgan fingerprint density at radius 2 is 1.80 bits per heavy atom. The molecular formula is C43H77N5O6S. The number of fused-ring (bicyclic) bond motifs is 2. The van der Waals surface area contributed by atoms with Crippen LogP contribution < -0.4 is 10.6 Å². The topological polar surface area (TPSA) is 127 Å². The normalized spacial score (nSPS) is 41.5. The third-order valence-corrected chi connectivity index (χ3v) is 17.1. The van der Waals surface area contributed by atoms with Gasteiger partial charge in [0.1, 0.15) is 12.1 Å². The average Bonchev–Trinajstić information content (AvgIpc) is 3.79. The Bertz CT molecular complexity index is 1280. The summed E-state index contributed by atoms with van der Waals surface area (Å²) in [6.07, 6.45) is 10.0. The highest BCUT2D eigenvalue weighted by atomic mass is 32.2. The first-order valence-corrected chi connectivity index (χ1v) is 23.0. The first-order chi connectivity index (χ1) is 26.1. The van der Waals surface area contributed by atoms with Gasteiger partial charge in [-0.1, -0.05) is 27.2 Å². The molecule has 7 aliphatic rings. The van der Waals surface area contributed by atoms with Gasteiger partial charge in [0.15, 0.2) is 0 Å². The molecule has 0 aromatic carbocycles. The van der Waals surface area contributed by atoms with Gasteiger partial charge in [-0.2, -0.15) is 16.8 Å². The van der Waals surface area contributed by atoms with Crippen molar-refractivity contribution >= 4 is 23.6 Å². The fourth-order valence-corrected chi connectivity index (χ4v) is 13.9. The molecule has 16 atom stereocenters. The fraction of sp³-hybridized carbons (Fsp3) is 0.953. The van der Waals surface area contributed by atoms with Crippen LogP contribution in [0.5, 0.6) is 0 Å². The Labute approximate surface area is 337 Å². The molecule has 0 radical (unpaired) electrons. The Morgan fingerprint density at radius 1 is 1.04 bits per heavy atom. The van der Waals surface area contributed by atoms with Crippen LogP contribution in [0.1, 0.15) is 98.3 Å². The molecule has 2 amide bonds. The van der Waals surface area contributed by atoms with Crippen molar-refractivity contribution in [2.45, 2.75) is 146 Å². The molecule has 2 heterocycles. The second kappa shape index (κ2) is 18.5. The van der Waals surface area contributed by atoms with E-state index in [4.69, 9.17) is 9.57 Å². The molecule has 55 heavy (non-hydrogen) atoms. The summed E-state index contributed by atoms with van der Waals surface area (Å²) in [5.41, 5.74) is 0.317. The summed E-state index contributed by atoms with van der Waals surface area (Å²) in [4.78, 5) is 39.5. The molecule has 316 valence electrons. The number of methoxy groups -OCH3 is 1. The number of carbonyl (C=O) groups excluding carboxylic acids is 2. The van der Waals surface area contributed by atoms with Crippen molar-refractivity contribution in [1.29, 1.82) is 0 Å². The third kappa shape index (κ3) is 9.58. The summed E-state index contributed by atoms with van der Waals surface area (Å²) < 4.78 is 6.45. The van der Waals surface area contributed by atoms with Gasteiger partial charge < -0.3 is 35.4 Å². The van der Waals surface area contributed by atoms with E-state index in [9.17, 15) is 19.8 Å². The Morgan fingerprint density at radius 3 is 2.40 bits per heavy atom. The zero-order valence-electron chi connectivity index (χ0n) is 35.6. The number of likely N-dealkylation sites (N-methyl/N-ethyl adjacent to an activating group) is 1. The molecule has 7 fully saturated rings. The second-order valence-electron chi connectivity index (χ2n) is 19.9. The smallest absolute Gasteiger partial charge is 0.240 e. The van der Waals surface area contributed by atoms with Crippen molar-refractivity contribution in [3.8, 4) is 0 Å². The summed E-state index contributed by atoms with van der Waals surface area (Å²) in [5, 5.41) is 30.9. The van der Waals surface area contributed by atoms with Crippen LogP contribution in [-0.4, -0.2) is 145 Å². The number of aliphatic hydroxyl groups excluding tert-OH is 2. The predicted octanol–water partition coefficient (Wildman–Crippen LogP) is 4.26. The molecule has 2 bridgehead atoms. The molecule has 0 aromatic rings. The summed E-state index contributed by atoms with van der Waals surface area (Å²) in [5.74, 6) is 3.05. The van der Waals surface area contributed by atoms with E-state index in [0.29, 0.717) is 46.9 Å². The van der Waals surface area contributed by atoms with Crippen molar-refractivity contribution in [2.24, 2.45) is 52.8 Å². The van der Waals surface area contributed by atoms with E-state index < -0.39 is 24.2 Å². The molecule has 7 unspecified atom stereocenters. The van der Waals surface area contributed by atoms with Crippen LogP contribution in [0, 0.1) is 52.8 Å². The van der Waals surface area contributed by atoms with Crippen LogP contribution in [-0.2, 0) is 19.2 Å². The quantitative estimate of drug-likeness (QED) is 0.191. The van der Waals surface area contributed by atoms with Crippen LogP contribution in [0.25, 0.3) is 0 Å². The highest BCUT2D eigenvalue weighted by Gasteiger charge is 2.58. The van der Waals surface area contributed by atoms with E-state index in [2.05, 4.69) is 81.2 Å². The Hall–Kier alpha value is -0.990. The number of nitrogens with one attached hydrogen (secondary N) is 2. The number of hydrogen-bond acceptors (Lipinski definition) is 10. The van der Waals surface area contributed by atoms with E-state index >= 15 is 0 Å². The van der Waals surface area contributed by atoms with Gasteiger partial charge in [-0.3, -0.25) is 14.4 Å². The van der Waals surface area contributed by atoms with Gasteiger partial charge in [0.25, 0.3) is 0 Å². The zero-order chi connectivity index (χ0) is 39.8. The van der Waals surface area contributed by atoms with Crippen molar-refractivity contribution < 1.29 is 29.4 Å². The number of thioether (sulfide) groups is 1. The number of nitrogens with zero attached hydrogens (tertiary/aromatic N) is 3. The maximum Gasteiger partial charge on any atom is 0.240 e. The second-order valence-corrected chi connectivity index (χ2v) is 21.3. The molecule has 4 N–H and O–H groups in total. The number of carbonyl (C=O) groups is 2. The summed E-state index contributed by atoms with van der Waals surface area (Å²) in [6.45, 7) is 9.81. The molecule has 2 aliphatic heterocycles. The van der Waals surface area contributed by atoms with E-state index in [1.165, 1.54) is 25.0 Å². The first-order valence-electron chi connectivity index (χ1n) is 21.9. The Kier molecular flexibility index (Phi) is 14.7. The van der Waals surface area contributed by atoms with Gasteiger partial charge in [0, 0.05) is 61.3 Å². The molecule has 12 heteroatoms. The van der Waals surface area contributed by atoms with Gasteiger partial charge in [-0.25, -0.2) is 0 Å². The lowest BCUT2D eigenvalue weighted by Crippen LogP contribution is -2.62. The molecule has 11 nitrogen and oxygen atoms in total. The molecule has 0 aromatic heterocycles. The van der Waals surface area contributed by atoms with Crippen molar-refractivity contribution in [2.75, 3.05) is 60.7 Å². The van der Waals surface area contributed by atoms with Crippen molar-refractivity contribution in [1.82, 2.24) is 25.5 Å². The number of ether oxygens (including phenoxy) is 1. The molecule has 7 rings (SSSR count). The van der Waals surface area contributed by atoms with Crippen LogP contribution in [0.2, 0.25) is 0 Å². The van der Waals surface area contributed by atoms with Gasteiger partial charge in [-0.05, 0) is 140 Å². The molecule has 5 aliphatic carbocycles. The number of amides is 2. The van der Waals surface area contributed by atoms with E-state index in [1.54, 1.807) is 12.0 Å². The van der Waals surface area contributed by atoms with Crippen LogP contribution in [0.3, 0.4) is 0 Å². The van der Waals surface area contributed by atoms with Crippen LogP contribution >= 0.6 is 11.8 Å². The SMILES string of the molecule is COC1C(CN2O[C@@H](CO)[C@@H]([C@H](C)O)[C@H]2C(=O)N[C@H]2C[C@H]3C[C@@H]([C@@H]2C)C3(C)C)CCCC1C1CC(C(=O)N[C@@H](CC2CCCS2)CN(C)C)CC(N(C)C)C1. The maximum absolute atomic E-state index is 14.4. The lowest BCUT2D eigenvalue weighted by molar-refractivity contribution is -0.193. The minimum Gasteiger partial charge on any atom is -0.394 e. The lowest BCUT2D eigenvalue weighted by Gasteiger charge is -2.62. The zero-order valence-corrected chi connectivity index (χ0v) is 36.4. The van der Waals surface area contributed by atoms with Crippen LogP contribution in [0.15, 0.2) is 0 Å². The number of hydroxylamine groups is 2. The number of rotatable bonds is 15. The molecule has 2 saturated heterocycles. The maximum atomic E-state index is 14.4. The summed E-state index contributed by atoms with van der Waals surface area (Å²) in [6, 6.07) is -0.136. The van der Waals surface area contributed by atoms with E-state index in [0.717, 1.165) is 57.9 Å². The van der Waals surface area contributed by atoms with E-state index in [-0.39, 0.29) is 54.4 Å². The highest BCUT2D eigenvalue weighted by Crippen LogP contribution is 2.61. The van der Waals surface area contributed by atoms with Gasteiger partial charge >= 0.3 is 0 Å². The standard InChI is InChI=1S/C43H77N5O6S/c1-25-35-19-30(43(35,3)4)20-36(25)45-42(52)39-38(26(2)50)37(24-49)54-48(39)22-27-12-10-14-34(40(27)53-9)28-16-29(18-32(17-28)47(7)8)41(51)44-31(23-46(5)6)21-33-13-11-15-55-33/h25-40,49-50H,10-24H2,1-9H3,(H,44,51)(H,45,52)/t25-,26-,27?,28?,29?,30+,31-,32?,33?,34?,35-,36-,37-,38+,39-,40?/m0/s1. The minimum atomic E-state index is -0.825. The largest absolute Gasteiger partial charge is 0.394 e. The van der Waals surface area contributed by atoms with Crippen LogP contribution in [0.4, 0.5) is 0 Å². The Balaban J connectivity index is 1.16. The minimum absolute atomic E-state index is 0.0455. The van der Waals surface area contributed by atoms with Gasteiger partial charge in [0.05, 0.1) is 18.8 Å². The first kappa shape index (κ1) is 43.6. The third-order valence-electron chi connectivity index (χ3n) is 15.7. The predicted molar refractivity (Wildman–Crippen MR) is 219 cm³/mol. The van der Waals surface area contributed by atoms with Crippen molar-refractivity contribution in [3.05, 3.63) is 0 Å². The fourth-order valence-electron chi connectivity index (χ4n) is 12.5. The molecular weight excluding hydrogens is 715 g/mol. The highest BCUT2D eigenvalue weighted by molar-refractivity contribution is 8.00. The van der Waals surface area contributed by atoms with Crippen molar-refractivity contribution in [3.63, 3.8) is 0 Å². The van der Waals surface area contributed by atoms with Gasteiger partial charge in [-0.15, -0.1) is 0 Å². The average molecular weight is 792 g/mol. The summed E-state index contributed by atoms with van der Waals surface area (Å²) in [7, 11) is 10.3. The summed E-state index contributed by atoms with van der Waals surface area (Å²) >= 11 is 2.06. The monoisotopic (exact) mass is 792 g/mol. The van der Waals surface area contributed by atoms with Gasteiger partial charge in [0.2, 0.25) is 11.8 Å². The number of hydrogen-bond donors (Lipinski definition) is 4. The molecule has 5 saturated carbocycles.